The highest BCUT2D eigenvalue weighted by Gasteiger charge is 2.39. The van der Waals surface area contributed by atoms with Crippen molar-refractivity contribution in [3.63, 3.8) is 0 Å². The molecule has 2 aromatic carbocycles. The molecule has 1 N–H and O–H groups in total. The molecule has 21 heavy (non-hydrogen) atoms. The smallest absolute Gasteiger partial charge is 0.124 e. The van der Waals surface area contributed by atoms with E-state index >= 15 is 0 Å². The molecule has 3 nitrogen and oxygen atoms in total. The number of hydrogen-bond donors (Lipinski definition) is 1. The van der Waals surface area contributed by atoms with Gasteiger partial charge >= 0.3 is 0 Å². The van der Waals surface area contributed by atoms with Gasteiger partial charge in [-0.15, -0.1) is 0 Å². The molecule has 1 aliphatic rings. The van der Waals surface area contributed by atoms with Crippen LogP contribution in [0.4, 0.5) is 0 Å². The van der Waals surface area contributed by atoms with Crippen LogP contribution >= 0.6 is 0 Å². The highest BCUT2D eigenvalue weighted by atomic mass is 16.5. The van der Waals surface area contributed by atoms with Crippen molar-refractivity contribution in [2.45, 2.75) is 18.6 Å². The van der Waals surface area contributed by atoms with Crippen LogP contribution in [0.5, 0.6) is 5.75 Å². The summed E-state index contributed by atoms with van der Waals surface area (Å²) in [7, 11) is 1.65. The molecule has 1 atom stereocenters. The van der Waals surface area contributed by atoms with Crippen LogP contribution in [0.2, 0.25) is 0 Å². The van der Waals surface area contributed by atoms with Crippen molar-refractivity contribution in [2.24, 2.45) is 0 Å². The first-order valence-electron chi connectivity index (χ1n) is 7.33. The maximum absolute atomic E-state index is 11.0. The van der Waals surface area contributed by atoms with Crippen LogP contribution in [-0.4, -0.2) is 30.2 Å². The highest BCUT2D eigenvalue weighted by Crippen LogP contribution is 2.37. The number of nitrogens with zero attached hydrogens (tertiary/aromatic N) is 1. The minimum Gasteiger partial charge on any atom is -0.496 e. The summed E-state index contributed by atoms with van der Waals surface area (Å²) in [5, 5.41) is 11.0. The minimum absolute atomic E-state index is 0.641. The fourth-order valence-corrected chi connectivity index (χ4v) is 3.10. The SMILES string of the molecule is COc1ccccc1[C@]1(O)CCN(Cc2ccccc2)C1. The predicted molar refractivity (Wildman–Crippen MR) is 83.2 cm³/mol. The third-order valence-electron chi connectivity index (χ3n) is 4.18. The molecule has 0 aliphatic carbocycles. The lowest BCUT2D eigenvalue weighted by atomic mass is 9.92. The number of β-amino-alcohol motifs (C(OH)–C–C–N with tert-alkyl or cyclic N) is 1. The van der Waals surface area contributed by atoms with Gasteiger partial charge in [-0.25, -0.2) is 0 Å². The van der Waals surface area contributed by atoms with Gasteiger partial charge in [-0.05, 0) is 18.1 Å². The normalized spacial score (nSPS) is 22.4. The average molecular weight is 283 g/mol. The Balaban J connectivity index is 1.76. The van der Waals surface area contributed by atoms with Crippen LogP contribution in [0.3, 0.4) is 0 Å². The summed E-state index contributed by atoms with van der Waals surface area (Å²) in [5.41, 5.74) is 1.35. The fraction of sp³-hybridized carbons (Fsp3) is 0.333. The molecule has 1 fully saturated rings. The van der Waals surface area contributed by atoms with Crippen molar-refractivity contribution in [3.05, 3.63) is 65.7 Å². The molecule has 0 aromatic heterocycles. The molecular formula is C18H21NO2. The van der Waals surface area contributed by atoms with Crippen LogP contribution in [-0.2, 0) is 12.1 Å². The van der Waals surface area contributed by atoms with Crippen LogP contribution in [0, 0.1) is 0 Å². The highest BCUT2D eigenvalue weighted by molar-refractivity contribution is 5.39. The Morgan fingerprint density at radius 3 is 2.57 bits per heavy atom. The van der Waals surface area contributed by atoms with Crippen molar-refractivity contribution in [2.75, 3.05) is 20.2 Å². The van der Waals surface area contributed by atoms with E-state index in [9.17, 15) is 5.11 Å². The third-order valence-corrected chi connectivity index (χ3v) is 4.18. The average Bonchev–Trinajstić information content (AvgIpc) is 2.90. The van der Waals surface area contributed by atoms with Crippen molar-refractivity contribution < 1.29 is 9.84 Å². The number of likely N-dealkylation sites (tertiary alicyclic amines) is 1. The quantitative estimate of drug-likeness (QED) is 0.936. The minimum atomic E-state index is -0.818. The molecule has 1 saturated heterocycles. The largest absolute Gasteiger partial charge is 0.496 e. The van der Waals surface area contributed by atoms with E-state index in [4.69, 9.17) is 4.74 Å². The predicted octanol–water partition coefficient (Wildman–Crippen LogP) is 2.79. The van der Waals surface area contributed by atoms with Gasteiger partial charge in [0.1, 0.15) is 11.4 Å². The second-order valence-corrected chi connectivity index (χ2v) is 5.68. The van der Waals surface area contributed by atoms with E-state index in [1.807, 2.05) is 30.3 Å². The summed E-state index contributed by atoms with van der Waals surface area (Å²) in [4.78, 5) is 2.29. The lowest BCUT2D eigenvalue weighted by Crippen LogP contribution is -2.31. The number of para-hydroxylation sites is 1. The van der Waals surface area contributed by atoms with E-state index in [2.05, 4.69) is 29.2 Å². The van der Waals surface area contributed by atoms with E-state index < -0.39 is 5.60 Å². The first-order valence-corrected chi connectivity index (χ1v) is 7.33. The van der Waals surface area contributed by atoms with Gasteiger partial charge in [0.15, 0.2) is 0 Å². The molecule has 0 saturated carbocycles. The molecule has 1 aliphatic heterocycles. The summed E-state index contributed by atoms with van der Waals surface area (Å²) in [6.45, 7) is 2.41. The summed E-state index contributed by atoms with van der Waals surface area (Å²) in [6.07, 6.45) is 0.736. The maximum atomic E-state index is 11.0. The number of methoxy groups -OCH3 is 1. The van der Waals surface area contributed by atoms with E-state index in [0.717, 1.165) is 30.8 Å². The third kappa shape index (κ3) is 2.94. The molecule has 3 heteroatoms. The van der Waals surface area contributed by atoms with E-state index in [0.29, 0.717) is 6.54 Å². The van der Waals surface area contributed by atoms with Gasteiger partial charge in [0.25, 0.3) is 0 Å². The zero-order valence-corrected chi connectivity index (χ0v) is 12.3. The molecule has 3 rings (SSSR count). The lowest BCUT2D eigenvalue weighted by molar-refractivity contribution is 0.0429. The van der Waals surface area contributed by atoms with Gasteiger partial charge in [0.05, 0.1) is 7.11 Å². The van der Waals surface area contributed by atoms with Crippen molar-refractivity contribution in [1.29, 1.82) is 0 Å². The second-order valence-electron chi connectivity index (χ2n) is 5.68. The Labute approximate surface area is 125 Å². The van der Waals surface area contributed by atoms with Gasteiger partial charge in [0.2, 0.25) is 0 Å². The number of aliphatic hydroxyl groups is 1. The van der Waals surface area contributed by atoms with E-state index in [1.165, 1.54) is 5.56 Å². The van der Waals surface area contributed by atoms with Crippen LogP contribution in [0.15, 0.2) is 54.6 Å². The van der Waals surface area contributed by atoms with Gasteiger partial charge in [0, 0.05) is 25.2 Å². The molecular weight excluding hydrogens is 262 g/mol. The Morgan fingerprint density at radius 1 is 1.10 bits per heavy atom. The van der Waals surface area contributed by atoms with Crippen molar-refractivity contribution in [3.8, 4) is 5.75 Å². The Bertz CT molecular complexity index is 599. The molecule has 2 aromatic rings. The maximum Gasteiger partial charge on any atom is 0.124 e. The number of rotatable bonds is 4. The first kappa shape index (κ1) is 14.1. The van der Waals surface area contributed by atoms with Gasteiger partial charge < -0.3 is 9.84 Å². The van der Waals surface area contributed by atoms with Crippen LogP contribution in [0.25, 0.3) is 0 Å². The zero-order chi connectivity index (χ0) is 14.7. The van der Waals surface area contributed by atoms with Crippen molar-refractivity contribution >= 4 is 0 Å². The van der Waals surface area contributed by atoms with E-state index in [1.54, 1.807) is 7.11 Å². The summed E-state index contributed by atoms with van der Waals surface area (Å²) >= 11 is 0. The molecule has 0 spiro atoms. The second kappa shape index (κ2) is 5.88. The number of hydrogen-bond acceptors (Lipinski definition) is 3. The zero-order valence-electron chi connectivity index (χ0n) is 12.3. The molecule has 0 amide bonds. The van der Waals surface area contributed by atoms with Gasteiger partial charge in [-0.3, -0.25) is 4.90 Å². The number of benzene rings is 2. The monoisotopic (exact) mass is 283 g/mol. The Hall–Kier alpha value is -1.84. The summed E-state index contributed by atoms with van der Waals surface area (Å²) in [5.74, 6) is 0.765. The van der Waals surface area contributed by atoms with Crippen LogP contribution in [0.1, 0.15) is 17.5 Å². The first-order chi connectivity index (χ1) is 10.2. The molecule has 0 unspecified atom stereocenters. The van der Waals surface area contributed by atoms with Gasteiger partial charge in [-0.1, -0.05) is 48.5 Å². The summed E-state index contributed by atoms with van der Waals surface area (Å²) in [6, 6.07) is 18.1. The molecule has 1 heterocycles. The van der Waals surface area contributed by atoms with Crippen LogP contribution < -0.4 is 4.74 Å². The Kier molecular flexibility index (Phi) is 3.95. The van der Waals surface area contributed by atoms with Gasteiger partial charge in [-0.2, -0.15) is 0 Å². The van der Waals surface area contributed by atoms with Crippen molar-refractivity contribution in [1.82, 2.24) is 4.90 Å². The Morgan fingerprint density at radius 2 is 1.81 bits per heavy atom. The molecule has 0 bridgehead atoms. The lowest BCUT2D eigenvalue weighted by Gasteiger charge is -2.25. The topological polar surface area (TPSA) is 32.7 Å². The number of ether oxygens (including phenoxy) is 1. The fourth-order valence-electron chi connectivity index (χ4n) is 3.10. The summed E-state index contributed by atoms with van der Waals surface area (Å²) < 4.78 is 5.40. The standard InChI is InChI=1S/C18H21NO2/c1-21-17-10-6-5-9-16(17)18(20)11-12-19(14-18)13-15-7-3-2-4-8-15/h2-10,20H,11-14H2,1H3/t18-/m0/s1. The molecule has 110 valence electrons. The van der Waals surface area contributed by atoms with E-state index in [-0.39, 0.29) is 0 Å². The molecule has 0 radical (unpaired) electrons.